The topological polar surface area (TPSA) is 95.5 Å². The van der Waals surface area contributed by atoms with Crippen LogP contribution in [0.1, 0.15) is 26.7 Å². The Morgan fingerprint density at radius 1 is 1.32 bits per heavy atom. The van der Waals surface area contributed by atoms with Crippen LogP contribution in [0.15, 0.2) is 0 Å². The molecule has 0 aliphatic heterocycles. The van der Waals surface area contributed by atoms with Gasteiger partial charge in [-0.1, -0.05) is 13.8 Å². The predicted octanol–water partition coefficient (Wildman–Crippen LogP) is 0.470. The Hall–Kier alpha value is -1.24. The van der Waals surface area contributed by atoms with Crippen LogP contribution >= 0.6 is 11.8 Å². The van der Waals surface area contributed by atoms with Crippen molar-refractivity contribution in [2.45, 2.75) is 38.8 Å². The van der Waals surface area contributed by atoms with Crippen LogP contribution in [0.3, 0.4) is 0 Å². The summed E-state index contributed by atoms with van der Waals surface area (Å²) in [4.78, 5) is 33.5. The lowest BCUT2D eigenvalue weighted by molar-refractivity contribution is -0.142. The van der Waals surface area contributed by atoms with E-state index in [0.29, 0.717) is 25.0 Å². The molecule has 0 rings (SSSR count). The van der Waals surface area contributed by atoms with Gasteiger partial charge in [0.2, 0.25) is 12.3 Å². The number of rotatable bonds is 10. The van der Waals surface area contributed by atoms with Gasteiger partial charge in [0.05, 0.1) is 0 Å². The van der Waals surface area contributed by atoms with Gasteiger partial charge in [0, 0.05) is 0 Å². The number of amides is 2. The minimum Gasteiger partial charge on any atom is -0.480 e. The first-order chi connectivity index (χ1) is 8.92. The summed E-state index contributed by atoms with van der Waals surface area (Å²) in [5, 5.41) is 13.9. The van der Waals surface area contributed by atoms with Crippen LogP contribution in [0, 0.1) is 5.92 Å². The quantitative estimate of drug-likeness (QED) is 0.508. The van der Waals surface area contributed by atoms with E-state index in [9.17, 15) is 14.4 Å². The summed E-state index contributed by atoms with van der Waals surface area (Å²) in [7, 11) is 0. The number of thioether (sulfide) groups is 1. The van der Waals surface area contributed by atoms with Crippen molar-refractivity contribution >= 4 is 30.0 Å². The molecule has 0 saturated heterocycles. The Kier molecular flexibility index (Phi) is 9.03. The lowest BCUT2D eigenvalue weighted by Gasteiger charge is -2.20. The van der Waals surface area contributed by atoms with Gasteiger partial charge in [-0.15, -0.1) is 0 Å². The summed E-state index contributed by atoms with van der Waals surface area (Å²) in [6.07, 6.45) is 3.19. The molecule has 0 unspecified atom stereocenters. The zero-order valence-corrected chi connectivity index (χ0v) is 12.3. The number of hydrogen-bond acceptors (Lipinski definition) is 4. The molecule has 110 valence electrons. The van der Waals surface area contributed by atoms with Crippen LogP contribution in [-0.2, 0) is 14.4 Å². The smallest absolute Gasteiger partial charge is 0.326 e. The maximum absolute atomic E-state index is 11.9. The molecule has 0 aromatic rings. The molecule has 0 radical (unpaired) electrons. The first-order valence-corrected chi connectivity index (χ1v) is 7.53. The molecular formula is C12H22N2O4S. The monoisotopic (exact) mass is 290 g/mol. The number of carbonyl (C=O) groups is 3. The maximum atomic E-state index is 11.9. The molecule has 2 amide bonds. The van der Waals surface area contributed by atoms with E-state index in [1.54, 1.807) is 11.8 Å². The van der Waals surface area contributed by atoms with Gasteiger partial charge >= 0.3 is 5.97 Å². The molecule has 0 heterocycles. The fourth-order valence-corrected chi connectivity index (χ4v) is 2.04. The van der Waals surface area contributed by atoms with E-state index in [0.717, 1.165) is 0 Å². The zero-order valence-electron chi connectivity index (χ0n) is 11.5. The molecule has 0 aliphatic carbocycles. The van der Waals surface area contributed by atoms with Gasteiger partial charge in [0.1, 0.15) is 12.1 Å². The second-order valence-electron chi connectivity index (χ2n) is 4.65. The van der Waals surface area contributed by atoms with Gasteiger partial charge in [0.25, 0.3) is 0 Å². The van der Waals surface area contributed by atoms with Crippen molar-refractivity contribution in [3.05, 3.63) is 0 Å². The zero-order chi connectivity index (χ0) is 14.8. The number of carboxylic acid groups (broad SMARTS) is 1. The Bertz CT molecular complexity index is 310. The van der Waals surface area contributed by atoms with Crippen molar-refractivity contribution in [2.24, 2.45) is 5.92 Å². The molecule has 0 aromatic heterocycles. The van der Waals surface area contributed by atoms with Crippen LogP contribution < -0.4 is 10.6 Å². The highest BCUT2D eigenvalue weighted by atomic mass is 32.2. The largest absolute Gasteiger partial charge is 0.480 e. The normalized spacial score (nSPS) is 13.7. The van der Waals surface area contributed by atoms with Crippen molar-refractivity contribution in [1.82, 2.24) is 10.6 Å². The van der Waals surface area contributed by atoms with E-state index in [4.69, 9.17) is 5.11 Å². The molecule has 0 saturated carbocycles. The molecule has 2 atom stereocenters. The van der Waals surface area contributed by atoms with Crippen molar-refractivity contribution in [3.63, 3.8) is 0 Å². The maximum Gasteiger partial charge on any atom is 0.326 e. The molecule has 0 fully saturated rings. The van der Waals surface area contributed by atoms with Gasteiger partial charge < -0.3 is 15.7 Å². The van der Waals surface area contributed by atoms with Crippen molar-refractivity contribution in [1.29, 1.82) is 0 Å². The number of nitrogens with one attached hydrogen (secondary N) is 2. The van der Waals surface area contributed by atoms with E-state index >= 15 is 0 Å². The molecule has 0 spiro atoms. The predicted molar refractivity (Wildman–Crippen MR) is 75.0 cm³/mol. The molecule has 6 nitrogen and oxygen atoms in total. The second kappa shape index (κ2) is 9.66. The fourth-order valence-electron chi connectivity index (χ4n) is 1.57. The van der Waals surface area contributed by atoms with Crippen molar-refractivity contribution in [2.75, 3.05) is 12.0 Å². The van der Waals surface area contributed by atoms with Crippen LogP contribution in [0.4, 0.5) is 0 Å². The van der Waals surface area contributed by atoms with Crippen molar-refractivity contribution in [3.8, 4) is 0 Å². The number of carbonyl (C=O) groups excluding carboxylic acids is 2. The van der Waals surface area contributed by atoms with E-state index in [-0.39, 0.29) is 5.92 Å². The summed E-state index contributed by atoms with van der Waals surface area (Å²) in [5.74, 6) is -0.642. The molecular weight excluding hydrogens is 268 g/mol. The minimum absolute atomic E-state index is 0.157. The van der Waals surface area contributed by atoms with Crippen molar-refractivity contribution < 1.29 is 19.5 Å². The number of carboxylic acids is 1. The first-order valence-electron chi connectivity index (χ1n) is 6.14. The average molecular weight is 290 g/mol. The highest BCUT2D eigenvalue weighted by Crippen LogP contribution is 2.06. The Balaban J connectivity index is 4.55. The number of hydrogen-bond donors (Lipinski definition) is 3. The Morgan fingerprint density at radius 2 is 1.95 bits per heavy atom. The van der Waals surface area contributed by atoms with Gasteiger partial charge in [-0.05, 0) is 30.8 Å². The molecule has 7 heteroatoms. The molecule has 0 aliphatic rings. The van der Waals surface area contributed by atoms with Crippen LogP contribution in [0.2, 0.25) is 0 Å². The lowest BCUT2D eigenvalue weighted by Crippen LogP contribution is -2.50. The Labute approximate surface area is 117 Å². The highest BCUT2D eigenvalue weighted by Gasteiger charge is 2.25. The molecule has 19 heavy (non-hydrogen) atoms. The average Bonchev–Trinajstić information content (AvgIpc) is 2.32. The van der Waals surface area contributed by atoms with E-state index in [2.05, 4.69) is 10.6 Å². The standard InChI is InChI=1S/C12H22N2O4S/c1-8(2)6-10(12(17)18)14-11(16)9(13-7-15)4-5-19-3/h7-10H,4-6H2,1-3H3,(H,13,15)(H,14,16)(H,17,18)/t9-,10-/m0/s1. The molecule has 0 aromatic carbocycles. The van der Waals surface area contributed by atoms with Crippen LogP contribution in [0.5, 0.6) is 0 Å². The first kappa shape index (κ1) is 17.8. The van der Waals surface area contributed by atoms with Gasteiger partial charge in [-0.25, -0.2) is 4.79 Å². The summed E-state index contributed by atoms with van der Waals surface area (Å²) < 4.78 is 0. The summed E-state index contributed by atoms with van der Waals surface area (Å²) in [6, 6.07) is -1.60. The van der Waals surface area contributed by atoms with Gasteiger partial charge in [-0.2, -0.15) is 11.8 Å². The third-order valence-corrected chi connectivity index (χ3v) is 3.16. The third kappa shape index (κ3) is 7.71. The summed E-state index contributed by atoms with van der Waals surface area (Å²) in [5.41, 5.74) is 0. The van der Waals surface area contributed by atoms with E-state index in [1.165, 1.54) is 0 Å². The fraction of sp³-hybridized carbons (Fsp3) is 0.750. The Morgan fingerprint density at radius 3 is 2.37 bits per heavy atom. The third-order valence-electron chi connectivity index (χ3n) is 2.52. The lowest BCUT2D eigenvalue weighted by atomic mass is 10.0. The van der Waals surface area contributed by atoms with Gasteiger partial charge in [-0.3, -0.25) is 9.59 Å². The van der Waals surface area contributed by atoms with Crippen LogP contribution in [-0.4, -0.2) is 47.5 Å². The van der Waals surface area contributed by atoms with Gasteiger partial charge in [0.15, 0.2) is 0 Å². The summed E-state index contributed by atoms with van der Waals surface area (Å²) >= 11 is 1.56. The molecule has 0 bridgehead atoms. The minimum atomic E-state index is -1.06. The van der Waals surface area contributed by atoms with E-state index in [1.807, 2.05) is 20.1 Å². The van der Waals surface area contributed by atoms with Crippen LogP contribution in [0.25, 0.3) is 0 Å². The highest BCUT2D eigenvalue weighted by molar-refractivity contribution is 7.98. The van der Waals surface area contributed by atoms with E-state index < -0.39 is 24.0 Å². The number of aliphatic carboxylic acids is 1. The molecule has 3 N–H and O–H groups in total. The second-order valence-corrected chi connectivity index (χ2v) is 5.63. The summed E-state index contributed by atoms with van der Waals surface area (Å²) in [6.45, 7) is 3.77. The SMILES string of the molecule is CSCC[C@H](NC=O)C(=O)N[C@@H](CC(C)C)C(=O)O.